The number of hydrogen-bond donors (Lipinski definition) is 0. The van der Waals surface area contributed by atoms with Crippen LogP contribution in [-0.2, 0) is 5.75 Å². The Bertz CT molecular complexity index is 714. The first-order valence-electron chi connectivity index (χ1n) is 7.68. The highest BCUT2D eigenvalue weighted by Gasteiger charge is 2.18. The third kappa shape index (κ3) is 3.81. The Morgan fingerprint density at radius 3 is 2.79 bits per heavy atom. The summed E-state index contributed by atoms with van der Waals surface area (Å²) in [6, 6.07) is 5.49. The summed E-state index contributed by atoms with van der Waals surface area (Å²) < 4.78 is 16.8. The van der Waals surface area contributed by atoms with Gasteiger partial charge in [-0.3, -0.25) is 0 Å². The van der Waals surface area contributed by atoms with E-state index in [9.17, 15) is 0 Å². The lowest BCUT2D eigenvalue weighted by molar-refractivity contribution is 0.388. The zero-order valence-electron chi connectivity index (χ0n) is 13.7. The Morgan fingerprint density at radius 1 is 1.29 bits per heavy atom. The van der Waals surface area contributed by atoms with Gasteiger partial charge in [0.25, 0.3) is 0 Å². The second-order valence-corrected chi connectivity index (χ2v) is 6.94. The molecule has 0 bridgehead atoms. The molecule has 1 aliphatic heterocycles. The summed E-state index contributed by atoms with van der Waals surface area (Å²) >= 11 is 7.01. The second kappa shape index (κ2) is 7.85. The molecule has 1 aromatic heterocycles. The SMILES string of the molecule is COc1ccc(-c2noc(CSC(=S)N3CCCC3)n2)c(OC)c1. The van der Waals surface area contributed by atoms with Crippen LogP contribution in [0.5, 0.6) is 11.5 Å². The van der Waals surface area contributed by atoms with Crippen LogP contribution in [-0.4, -0.2) is 46.7 Å². The average Bonchev–Trinajstić information content (AvgIpc) is 3.30. The highest BCUT2D eigenvalue weighted by molar-refractivity contribution is 8.22. The number of benzene rings is 1. The fraction of sp³-hybridized carbons (Fsp3) is 0.438. The van der Waals surface area contributed by atoms with Crippen molar-refractivity contribution in [2.24, 2.45) is 0 Å². The highest BCUT2D eigenvalue weighted by atomic mass is 32.2. The summed E-state index contributed by atoms with van der Waals surface area (Å²) in [5.41, 5.74) is 0.764. The van der Waals surface area contributed by atoms with Crippen LogP contribution >= 0.6 is 24.0 Å². The van der Waals surface area contributed by atoms with Gasteiger partial charge in [-0.1, -0.05) is 29.1 Å². The van der Waals surface area contributed by atoms with Crippen LogP contribution in [0.4, 0.5) is 0 Å². The normalized spacial score (nSPS) is 14.0. The smallest absolute Gasteiger partial charge is 0.237 e. The molecule has 3 rings (SSSR count). The zero-order valence-corrected chi connectivity index (χ0v) is 15.3. The molecular formula is C16H19N3O3S2. The number of rotatable bonds is 5. The minimum Gasteiger partial charge on any atom is -0.497 e. The fourth-order valence-corrected chi connectivity index (χ4v) is 3.61. The molecule has 6 nitrogen and oxygen atoms in total. The third-order valence-corrected chi connectivity index (χ3v) is 5.31. The maximum Gasteiger partial charge on any atom is 0.237 e. The van der Waals surface area contributed by atoms with Gasteiger partial charge in [-0.05, 0) is 25.0 Å². The van der Waals surface area contributed by atoms with Gasteiger partial charge in [0, 0.05) is 19.2 Å². The molecule has 0 saturated carbocycles. The van der Waals surface area contributed by atoms with E-state index in [0.29, 0.717) is 29.0 Å². The summed E-state index contributed by atoms with van der Waals surface area (Å²) in [5.74, 6) is 2.97. The Balaban J connectivity index is 1.68. The van der Waals surface area contributed by atoms with E-state index >= 15 is 0 Å². The van der Waals surface area contributed by atoms with Crippen LogP contribution < -0.4 is 9.47 Å². The number of nitrogens with zero attached hydrogens (tertiary/aromatic N) is 3. The minimum atomic E-state index is 0.497. The summed E-state index contributed by atoms with van der Waals surface area (Å²) in [4.78, 5) is 6.67. The van der Waals surface area contributed by atoms with E-state index in [1.54, 1.807) is 32.0 Å². The van der Waals surface area contributed by atoms with E-state index in [4.69, 9.17) is 26.2 Å². The molecule has 8 heteroatoms. The molecule has 24 heavy (non-hydrogen) atoms. The molecule has 2 aromatic rings. The molecule has 0 atom stereocenters. The Labute approximate surface area is 150 Å². The van der Waals surface area contributed by atoms with Crippen LogP contribution in [0, 0.1) is 0 Å². The molecule has 0 amide bonds. The number of likely N-dealkylation sites (tertiary alicyclic amines) is 1. The van der Waals surface area contributed by atoms with Gasteiger partial charge in [-0.15, -0.1) is 0 Å². The standard InChI is InChI=1S/C16H19N3O3S2/c1-20-11-5-6-12(13(9-11)21-2)15-17-14(22-18-15)10-24-16(23)19-7-3-4-8-19/h5-6,9H,3-4,7-8,10H2,1-2H3. The predicted molar refractivity (Wildman–Crippen MR) is 97.5 cm³/mol. The van der Waals surface area contributed by atoms with E-state index in [-0.39, 0.29) is 0 Å². The van der Waals surface area contributed by atoms with Gasteiger partial charge in [0.05, 0.1) is 25.5 Å². The first-order chi connectivity index (χ1) is 11.7. The van der Waals surface area contributed by atoms with Gasteiger partial charge in [0.2, 0.25) is 11.7 Å². The van der Waals surface area contributed by atoms with Crippen molar-refractivity contribution in [1.82, 2.24) is 15.0 Å². The van der Waals surface area contributed by atoms with Crippen LogP contribution in [0.3, 0.4) is 0 Å². The van der Waals surface area contributed by atoms with Gasteiger partial charge in [-0.2, -0.15) is 4.98 Å². The number of aromatic nitrogens is 2. The molecular weight excluding hydrogens is 346 g/mol. The van der Waals surface area contributed by atoms with Gasteiger partial charge < -0.3 is 18.9 Å². The molecule has 1 saturated heterocycles. The van der Waals surface area contributed by atoms with Crippen LogP contribution in [0.25, 0.3) is 11.4 Å². The predicted octanol–water partition coefficient (Wildman–Crippen LogP) is 3.37. The quantitative estimate of drug-likeness (QED) is 0.748. The van der Waals surface area contributed by atoms with E-state index in [0.717, 1.165) is 23.0 Å². The van der Waals surface area contributed by atoms with Crippen molar-refractivity contribution in [3.8, 4) is 22.9 Å². The van der Waals surface area contributed by atoms with E-state index in [2.05, 4.69) is 15.0 Å². The van der Waals surface area contributed by atoms with E-state index in [1.807, 2.05) is 12.1 Å². The molecule has 0 N–H and O–H groups in total. The van der Waals surface area contributed by atoms with Crippen molar-refractivity contribution in [2.75, 3.05) is 27.3 Å². The van der Waals surface area contributed by atoms with Crippen molar-refractivity contribution in [3.63, 3.8) is 0 Å². The number of methoxy groups -OCH3 is 2. The Kier molecular flexibility index (Phi) is 5.57. The molecule has 1 aromatic carbocycles. The van der Waals surface area contributed by atoms with Gasteiger partial charge >= 0.3 is 0 Å². The molecule has 1 aliphatic rings. The fourth-order valence-electron chi connectivity index (χ4n) is 2.52. The van der Waals surface area contributed by atoms with E-state index < -0.39 is 0 Å². The highest BCUT2D eigenvalue weighted by Crippen LogP contribution is 2.32. The lowest BCUT2D eigenvalue weighted by Gasteiger charge is -2.16. The molecule has 0 spiro atoms. The maximum absolute atomic E-state index is 5.45. The third-order valence-electron chi connectivity index (χ3n) is 3.80. The van der Waals surface area contributed by atoms with Crippen molar-refractivity contribution in [2.45, 2.75) is 18.6 Å². The Morgan fingerprint density at radius 2 is 2.08 bits per heavy atom. The zero-order chi connectivity index (χ0) is 16.9. The van der Waals surface area contributed by atoms with Crippen LogP contribution in [0.1, 0.15) is 18.7 Å². The van der Waals surface area contributed by atoms with Crippen LogP contribution in [0.2, 0.25) is 0 Å². The number of thiocarbonyl (C=S) groups is 1. The van der Waals surface area contributed by atoms with Gasteiger partial charge in [-0.25, -0.2) is 0 Å². The van der Waals surface area contributed by atoms with Crippen molar-refractivity contribution in [3.05, 3.63) is 24.1 Å². The monoisotopic (exact) mass is 365 g/mol. The number of hydrogen-bond acceptors (Lipinski definition) is 7. The summed E-state index contributed by atoms with van der Waals surface area (Å²) in [5, 5.41) is 4.05. The maximum atomic E-state index is 5.45. The number of thioether (sulfide) groups is 1. The molecule has 1 fully saturated rings. The van der Waals surface area contributed by atoms with Gasteiger partial charge in [0.15, 0.2) is 0 Å². The largest absolute Gasteiger partial charge is 0.497 e. The summed E-state index contributed by atoms with van der Waals surface area (Å²) in [6.45, 7) is 2.09. The second-order valence-electron chi connectivity index (χ2n) is 5.33. The molecule has 0 radical (unpaired) electrons. The van der Waals surface area contributed by atoms with Crippen molar-refractivity contribution in [1.29, 1.82) is 0 Å². The lowest BCUT2D eigenvalue weighted by Crippen LogP contribution is -2.23. The Hall–Kier alpha value is -1.80. The molecule has 0 aliphatic carbocycles. The minimum absolute atomic E-state index is 0.497. The van der Waals surface area contributed by atoms with Crippen molar-refractivity contribution >= 4 is 28.3 Å². The first-order valence-corrected chi connectivity index (χ1v) is 9.07. The topological polar surface area (TPSA) is 60.6 Å². The first kappa shape index (κ1) is 17.0. The van der Waals surface area contributed by atoms with Crippen LogP contribution in [0.15, 0.2) is 22.7 Å². The summed E-state index contributed by atoms with van der Waals surface area (Å²) in [7, 11) is 3.21. The van der Waals surface area contributed by atoms with Gasteiger partial charge in [0.1, 0.15) is 15.8 Å². The molecule has 0 unspecified atom stereocenters. The molecule has 2 heterocycles. The average molecular weight is 365 g/mol. The number of ether oxygens (including phenoxy) is 2. The van der Waals surface area contributed by atoms with Crippen molar-refractivity contribution < 1.29 is 14.0 Å². The van der Waals surface area contributed by atoms with E-state index in [1.165, 1.54) is 12.8 Å². The molecule has 128 valence electrons. The summed E-state index contributed by atoms with van der Waals surface area (Å²) in [6.07, 6.45) is 2.42. The lowest BCUT2D eigenvalue weighted by atomic mass is 10.2.